The van der Waals surface area contributed by atoms with Crippen LogP contribution in [0.2, 0.25) is 10.0 Å². The molecule has 0 aliphatic rings. The smallest absolute Gasteiger partial charge is 0.326 e. The fraction of sp³-hybridized carbons (Fsp3) is 0.105. The van der Waals surface area contributed by atoms with Crippen LogP contribution in [0.3, 0.4) is 0 Å². The Balaban J connectivity index is 1.88. The van der Waals surface area contributed by atoms with Gasteiger partial charge in [-0.3, -0.25) is 9.78 Å². The van der Waals surface area contributed by atoms with Gasteiger partial charge in [-0.15, -0.1) is 0 Å². The number of carboxylic acids is 1. The summed E-state index contributed by atoms with van der Waals surface area (Å²) < 4.78 is 0. The van der Waals surface area contributed by atoms with E-state index in [1.807, 2.05) is 6.07 Å². The molecule has 0 unspecified atom stereocenters. The number of hydrogen-bond acceptors (Lipinski definition) is 3. The third-order valence-electron chi connectivity index (χ3n) is 3.97. The van der Waals surface area contributed by atoms with Crippen molar-refractivity contribution in [1.29, 1.82) is 0 Å². The second-order valence-corrected chi connectivity index (χ2v) is 6.46. The quantitative estimate of drug-likeness (QED) is 0.692. The van der Waals surface area contributed by atoms with E-state index < -0.39 is 17.9 Å². The van der Waals surface area contributed by atoms with Crippen LogP contribution < -0.4 is 5.32 Å². The molecule has 0 radical (unpaired) electrons. The van der Waals surface area contributed by atoms with Crippen LogP contribution in [0.15, 0.2) is 54.7 Å². The maximum Gasteiger partial charge on any atom is 0.326 e. The van der Waals surface area contributed by atoms with Crippen molar-refractivity contribution >= 4 is 46.0 Å². The van der Waals surface area contributed by atoms with Crippen LogP contribution >= 0.6 is 23.2 Å². The number of aromatic nitrogens is 1. The number of pyridine rings is 1. The molecule has 5 nitrogen and oxygen atoms in total. The monoisotopic (exact) mass is 388 g/mol. The summed E-state index contributed by atoms with van der Waals surface area (Å²) in [6.07, 6.45) is 1.49. The molecule has 0 aliphatic heterocycles. The first-order chi connectivity index (χ1) is 12.5. The molecule has 2 N–H and O–H groups in total. The number of aliphatic carboxylic acids is 1. The second kappa shape index (κ2) is 7.72. The lowest BCUT2D eigenvalue weighted by molar-refractivity contribution is -0.139. The number of carbonyl (C=O) groups is 2. The Morgan fingerprint density at radius 2 is 1.73 bits per heavy atom. The highest BCUT2D eigenvalue weighted by atomic mass is 35.5. The Morgan fingerprint density at radius 3 is 2.42 bits per heavy atom. The Labute approximate surface area is 159 Å². The molecule has 3 aromatic rings. The van der Waals surface area contributed by atoms with Gasteiger partial charge in [0, 0.05) is 28.0 Å². The third kappa shape index (κ3) is 3.79. The van der Waals surface area contributed by atoms with Gasteiger partial charge >= 0.3 is 5.97 Å². The summed E-state index contributed by atoms with van der Waals surface area (Å²) in [6, 6.07) is 12.5. The maximum absolute atomic E-state index is 12.7. The van der Waals surface area contributed by atoms with E-state index in [-0.39, 0.29) is 6.42 Å². The molecule has 3 rings (SSSR count). The normalized spacial score (nSPS) is 11.9. The first-order valence-corrected chi connectivity index (χ1v) is 8.53. The number of carbonyl (C=O) groups excluding carboxylic acids is 1. The highest BCUT2D eigenvalue weighted by Gasteiger charge is 2.24. The van der Waals surface area contributed by atoms with E-state index in [1.165, 1.54) is 6.20 Å². The van der Waals surface area contributed by atoms with Gasteiger partial charge in [0.1, 0.15) is 6.04 Å². The number of carboxylic acid groups (broad SMARTS) is 1. The van der Waals surface area contributed by atoms with E-state index in [9.17, 15) is 14.7 Å². The van der Waals surface area contributed by atoms with Crippen LogP contribution in [0.4, 0.5) is 0 Å². The Bertz CT molecular complexity index is 966. The largest absolute Gasteiger partial charge is 0.480 e. The van der Waals surface area contributed by atoms with Crippen molar-refractivity contribution < 1.29 is 14.7 Å². The molecule has 1 heterocycles. The van der Waals surface area contributed by atoms with Crippen LogP contribution in [0.5, 0.6) is 0 Å². The lowest BCUT2D eigenvalue weighted by Crippen LogP contribution is -2.42. The van der Waals surface area contributed by atoms with Crippen molar-refractivity contribution in [3.63, 3.8) is 0 Å². The van der Waals surface area contributed by atoms with E-state index in [0.29, 0.717) is 32.1 Å². The zero-order valence-corrected chi connectivity index (χ0v) is 15.0. The molecule has 1 aromatic heterocycles. The fourth-order valence-corrected chi connectivity index (χ4v) is 3.21. The van der Waals surface area contributed by atoms with Crippen molar-refractivity contribution in [1.82, 2.24) is 10.3 Å². The Hall–Kier alpha value is -2.63. The number of para-hydroxylation sites is 1. The number of benzene rings is 2. The van der Waals surface area contributed by atoms with Crippen molar-refractivity contribution in [2.45, 2.75) is 12.5 Å². The summed E-state index contributed by atoms with van der Waals surface area (Å²) in [5.74, 6) is -1.67. The van der Waals surface area contributed by atoms with Gasteiger partial charge in [-0.05, 0) is 29.8 Å². The number of fused-ring (bicyclic) bond motifs is 1. The van der Waals surface area contributed by atoms with E-state index in [1.54, 1.807) is 42.5 Å². The summed E-state index contributed by atoms with van der Waals surface area (Å²) in [5.41, 5.74) is 1.48. The first-order valence-electron chi connectivity index (χ1n) is 7.77. The van der Waals surface area contributed by atoms with Crippen molar-refractivity contribution in [2.24, 2.45) is 0 Å². The number of hydrogen-bond donors (Lipinski definition) is 2. The number of amides is 1. The van der Waals surface area contributed by atoms with E-state index in [4.69, 9.17) is 23.2 Å². The topological polar surface area (TPSA) is 79.3 Å². The lowest BCUT2D eigenvalue weighted by atomic mass is 10.0. The molecule has 0 spiro atoms. The molecular weight excluding hydrogens is 375 g/mol. The van der Waals surface area contributed by atoms with Crippen LogP contribution in [0.25, 0.3) is 10.9 Å². The van der Waals surface area contributed by atoms with Gasteiger partial charge in [0.15, 0.2) is 0 Å². The molecule has 26 heavy (non-hydrogen) atoms. The van der Waals surface area contributed by atoms with Gasteiger partial charge in [0.25, 0.3) is 5.91 Å². The molecular formula is C19H14Cl2N2O3. The molecule has 0 saturated carbocycles. The minimum Gasteiger partial charge on any atom is -0.480 e. The second-order valence-electron chi connectivity index (χ2n) is 5.64. The summed E-state index contributed by atoms with van der Waals surface area (Å²) >= 11 is 12.2. The minimum atomic E-state index is -1.17. The van der Waals surface area contributed by atoms with Gasteiger partial charge in [-0.1, -0.05) is 47.5 Å². The zero-order valence-electron chi connectivity index (χ0n) is 13.4. The summed E-state index contributed by atoms with van der Waals surface area (Å²) in [7, 11) is 0. The standard InChI is InChI=1S/C19H14Cl2N2O3/c20-14-5-3-6-15(21)13(14)10-17(19(25)26)23-18(24)12-8-9-22-16-7-2-1-4-11(12)16/h1-9,17H,10H2,(H,23,24)(H,25,26)/t17-/m1/s1. The first kappa shape index (κ1) is 18.2. The zero-order chi connectivity index (χ0) is 18.7. The maximum atomic E-state index is 12.7. The number of nitrogens with zero attached hydrogens (tertiary/aromatic N) is 1. The predicted octanol–water partition coefficient (Wildman–Crippen LogP) is 3.97. The molecule has 0 fully saturated rings. The third-order valence-corrected chi connectivity index (χ3v) is 4.68. The van der Waals surface area contributed by atoms with Crippen LogP contribution in [-0.4, -0.2) is 28.0 Å². The SMILES string of the molecule is O=C(N[C@H](Cc1c(Cl)cccc1Cl)C(=O)O)c1ccnc2ccccc12. The van der Waals surface area contributed by atoms with E-state index in [2.05, 4.69) is 10.3 Å². The van der Waals surface area contributed by atoms with Gasteiger partial charge in [0.05, 0.1) is 11.1 Å². The lowest BCUT2D eigenvalue weighted by Gasteiger charge is -2.17. The average Bonchev–Trinajstić information content (AvgIpc) is 2.63. The highest BCUT2D eigenvalue weighted by molar-refractivity contribution is 6.36. The summed E-state index contributed by atoms with van der Waals surface area (Å²) in [6.45, 7) is 0. The molecule has 0 aliphatic carbocycles. The van der Waals surface area contributed by atoms with E-state index >= 15 is 0 Å². The number of rotatable bonds is 5. The number of halogens is 2. The van der Waals surface area contributed by atoms with Gasteiger partial charge in [-0.25, -0.2) is 4.79 Å². The molecule has 0 saturated heterocycles. The van der Waals surface area contributed by atoms with E-state index in [0.717, 1.165) is 0 Å². The molecule has 2 aromatic carbocycles. The Morgan fingerprint density at radius 1 is 1.04 bits per heavy atom. The van der Waals surface area contributed by atoms with Crippen LogP contribution in [-0.2, 0) is 11.2 Å². The van der Waals surface area contributed by atoms with Gasteiger partial charge < -0.3 is 10.4 Å². The minimum absolute atomic E-state index is 0.0252. The summed E-state index contributed by atoms with van der Waals surface area (Å²) in [4.78, 5) is 28.5. The van der Waals surface area contributed by atoms with Crippen LogP contribution in [0, 0.1) is 0 Å². The Kier molecular flexibility index (Phi) is 5.40. The van der Waals surface area contributed by atoms with Gasteiger partial charge in [0.2, 0.25) is 0 Å². The number of nitrogens with one attached hydrogen (secondary N) is 1. The fourth-order valence-electron chi connectivity index (χ4n) is 2.66. The van der Waals surface area contributed by atoms with Crippen molar-refractivity contribution in [2.75, 3.05) is 0 Å². The average molecular weight is 389 g/mol. The highest BCUT2D eigenvalue weighted by Crippen LogP contribution is 2.26. The van der Waals surface area contributed by atoms with Crippen molar-refractivity contribution in [3.05, 3.63) is 75.9 Å². The molecule has 1 amide bonds. The molecule has 1 atom stereocenters. The van der Waals surface area contributed by atoms with Crippen molar-refractivity contribution in [3.8, 4) is 0 Å². The van der Waals surface area contributed by atoms with Gasteiger partial charge in [-0.2, -0.15) is 0 Å². The van der Waals surface area contributed by atoms with Crippen LogP contribution in [0.1, 0.15) is 15.9 Å². The molecule has 0 bridgehead atoms. The predicted molar refractivity (Wildman–Crippen MR) is 101 cm³/mol. The molecule has 132 valence electrons. The molecule has 7 heteroatoms. The summed E-state index contributed by atoms with van der Waals surface area (Å²) in [5, 5.41) is 13.4.